The average Bonchev–Trinajstić information content (AvgIpc) is 2.90. The Kier molecular flexibility index (Phi) is 8.17. The van der Waals surface area contributed by atoms with Gasteiger partial charge in [-0.05, 0) is 67.5 Å². The number of ether oxygens (including phenoxy) is 2. The number of carbonyl (C=O) groups excluding carboxylic acids is 1. The van der Waals surface area contributed by atoms with E-state index < -0.39 is 0 Å². The van der Waals surface area contributed by atoms with E-state index in [0.717, 1.165) is 73.3 Å². The minimum atomic E-state index is 0.240. The van der Waals surface area contributed by atoms with Crippen LogP contribution in [0.25, 0.3) is 10.9 Å². The van der Waals surface area contributed by atoms with Crippen molar-refractivity contribution >= 4 is 16.7 Å². The third-order valence-corrected chi connectivity index (χ3v) is 7.36. The second-order valence-corrected chi connectivity index (χ2v) is 9.29. The van der Waals surface area contributed by atoms with E-state index in [1.807, 2.05) is 36.4 Å². The number of carbonyl (C=O) groups is 1. The zero-order valence-corrected chi connectivity index (χ0v) is 20.6. The number of rotatable bonds is 10. The highest BCUT2D eigenvalue weighted by Gasteiger charge is 2.28. The van der Waals surface area contributed by atoms with Gasteiger partial charge >= 0.3 is 0 Å². The maximum Gasteiger partial charge on any atom is 0.163 e. The van der Waals surface area contributed by atoms with E-state index >= 15 is 0 Å². The first kappa shape index (κ1) is 24.2. The van der Waals surface area contributed by atoms with Crippen molar-refractivity contribution in [2.75, 3.05) is 33.9 Å². The van der Waals surface area contributed by atoms with Crippen molar-refractivity contribution in [2.24, 2.45) is 11.8 Å². The lowest BCUT2D eigenvalue weighted by Gasteiger charge is -2.38. The third kappa shape index (κ3) is 5.58. The first-order valence-corrected chi connectivity index (χ1v) is 12.4. The predicted molar refractivity (Wildman–Crippen MR) is 137 cm³/mol. The molecule has 2 heterocycles. The summed E-state index contributed by atoms with van der Waals surface area (Å²) in [5.74, 6) is 3.05. The molecule has 0 bridgehead atoms. The summed E-state index contributed by atoms with van der Waals surface area (Å²) < 4.78 is 10.8. The Morgan fingerprint density at radius 2 is 1.88 bits per heavy atom. The highest BCUT2D eigenvalue weighted by atomic mass is 16.5. The summed E-state index contributed by atoms with van der Waals surface area (Å²) in [4.78, 5) is 20.0. The first-order chi connectivity index (χ1) is 16.6. The summed E-state index contributed by atoms with van der Waals surface area (Å²) in [6.07, 6.45) is 6.65. The van der Waals surface area contributed by atoms with Gasteiger partial charge in [-0.2, -0.15) is 0 Å². The Bertz CT molecular complexity index is 1110. The van der Waals surface area contributed by atoms with Crippen LogP contribution < -0.4 is 9.47 Å². The number of fused-ring (bicyclic) bond motifs is 1. The molecular weight excluding hydrogens is 424 g/mol. The molecule has 0 radical (unpaired) electrons. The molecule has 0 amide bonds. The summed E-state index contributed by atoms with van der Waals surface area (Å²) >= 11 is 0. The lowest BCUT2D eigenvalue weighted by atomic mass is 9.80. The molecule has 0 saturated carbocycles. The molecule has 0 unspecified atom stereocenters. The lowest BCUT2D eigenvalue weighted by molar-refractivity contribution is 0.0905. The minimum Gasteiger partial charge on any atom is -0.493 e. The number of pyridine rings is 1. The molecule has 1 aliphatic rings. The maximum absolute atomic E-state index is 13.1. The molecule has 1 aliphatic heterocycles. The van der Waals surface area contributed by atoms with E-state index in [1.165, 1.54) is 5.56 Å². The van der Waals surface area contributed by atoms with Gasteiger partial charge in [0.05, 0.1) is 19.7 Å². The van der Waals surface area contributed by atoms with Crippen LogP contribution in [0.2, 0.25) is 0 Å². The van der Waals surface area contributed by atoms with Gasteiger partial charge in [0.2, 0.25) is 0 Å². The number of ketones is 1. The van der Waals surface area contributed by atoms with Crippen LogP contribution in [0.1, 0.15) is 48.5 Å². The SMILES string of the molecule is CC[C@H]1CN(CCc2ccc(OC)c(OC)c2)CC[C@H]1CCC(=O)c1ccnc2ccccc12. The van der Waals surface area contributed by atoms with Gasteiger partial charge in [0.15, 0.2) is 17.3 Å². The molecule has 1 aromatic heterocycles. The molecule has 0 spiro atoms. The zero-order chi connectivity index (χ0) is 23.9. The number of Topliss-reactive ketones (excluding diaryl/α,β-unsaturated/α-hetero) is 1. The fourth-order valence-corrected chi connectivity index (χ4v) is 5.32. The van der Waals surface area contributed by atoms with E-state index in [0.29, 0.717) is 18.3 Å². The highest BCUT2D eigenvalue weighted by Crippen LogP contribution is 2.32. The number of benzene rings is 2. The number of methoxy groups -OCH3 is 2. The fraction of sp³-hybridized carbons (Fsp3) is 0.448. The van der Waals surface area contributed by atoms with Gasteiger partial charge in [0, 0.05) is 36.7 Å². The van der Waals surface area contributed by atoms with Crippen LogP contribution in [-0.4, -0.2) is 49.5 Å². The predicted octanol–water partition coefficient (Wildman–Crippen LogP) is 5.81. The van der Waals surface area contributed by atoms with E-state index in [-0.39, 0.29) is 5.78 Å². The number of para-hydroxylation sites is 1. The van der Waals surface area contributed by atoms with Crippen molar-refractivity contribution in [2.45, 2.75) is 39.0 Å². The van der Waals surface area contributed by atoms with Crippen molar-refractivity contribution < 1.29 is 14.3 Å². The molecule has 0 aliphatic carbocycles. The summed E-state index contributed by atoms with van der Waals surface area (Å²) in [5, 5.41) is 0.965. The summed E-state index contributed by atoms with van der Waals surface area (Å²) in [7, 11) is 3.35. The topological polar surface area (TPSA) is 51.7 Å². The van der Waals surface area contributed by atoms with E-state index in [9.17, 15) is 4.79 Å². The lowest BCUT2D eigenvalue weighted by Crippen LogP contribution is -2.41. The Morgan fingerprint density at radius 1 is 1.06 bits per heavy atom. The summed E-state index contributed by atoms with van der Waals surface area (Å²) in [6, 6.07) is 16.0. The molecule has 5 heteroatoms. The molecule has 3 aromatic rings. The maximum atomic E-state index is 13.1. The number of aromatic nitrogens is 1. The van der Waals surface area contributed by atoms with E-state index in [4.69, 9.17) is 9.47 Å². The van der Waals surface area contributed by atoms with Gasteiger partial charge in [-0.3, -0.25) is 9.78 Å². The minimum absolute atomic E-state index is 0.240. The zero-order valence-electron chi connectivity index (χ0n) is 20.6. The number of hydrogen-bond acceptors (Lipinski definition) is 5. The van der Waals surface area contributed by atoms with Gasteiger partial charge in [0.1, 0.15) is 0 Å². The summed E-state index contributed by atoms with van der Waals surface area (Å²) in [6.45, 7) is 5.54. The van der Waals surface area contributed by atoms with Gasteiger partial charge < -0.3 is 14.4 Å². The van der Waals surface area contributed by atoms with Gasteiger partial charge in [-0.25, -0.2) is 0 Å². The molecule has 0 N–H and O–H groups in total. The van der Waals surface area contributed by atoms with Crippen molar-refractivity contribution in [3.63, 3.8) is 0 Å². The van der Waals surface area contributed by atoms with Crippen LogP contribution in [0.3, 0.4) is 0 Å². The normalized spacial score (nSPS) is 18.7. The van der Waals surface area contributed by atoms with Gasteiger partial charge in [-0.15, -0.1) is 0 Å². The number of nitrogens with zero attached hydrogens (tertiary/aromatic N) is 2. The molecule has 5 nitrogen and oxygen atoms in total. The van der Waals surface area contributed by atoms with Crippen LogP contribution in [0.5, 0.6) is 11.5 Å². The van der Waals surface area contributed by atoms with Crippen molar-refractivity contribution in [1.82, 2.24) is 9.88 Å². The Morgan fingerprint density at radius 3 is 2.68 bits per heavy atom. The van der Waals surface area contributed by atoms with Crippen molar-refractivity contribution in [3.8, 4) is 11.5 Å². The van der Waals surface area contributed by atoms with Gasteiger partial charge in [-0.1, -0.05) is 37.6 Å². The van der Waals surface area contributed by atoms with Crippen LogP contribution in [0, 0.1) is 11.8 Å². The van der Waals surface area contributed by atoms with Crippen molar-refractivity contribution in [1.29, 1.82) is 0 Å². The van der Waals surface area contributed by atoms with Crippen LogP contribution in [-0.2, 0) is 6.42 Å². The standard InChI is InChI=1S/C29H36N2O3/c1-4-22-20-31(17-14-21-9-12-28(33-2)29(19-21)34-3)18-15-23(22)10-11-27(32)25-13-16-30-26-8-6-5-7-24(25)26/h5-9,12-13,16,19,22-23H,4,10-11,14-15,17-18,20H2,1-3H3/t22-,23+/m0/s1. The Labute approximate surface area is 203 Å². The molecule has 4 rings (SSSR count). The smallest absolute Gasteiger partial charge is 0.163 e. The molecule has 1 saturated heterocycles. The first-order valence-electron chi connectivity index (χ1n) is 12.4. The fourth-order valence-electron chi connectivity index (χ4n) is 5.32. The Balaban J connectivity index is 1.31. The molecule has 34 heavy (non-hydrogen) atoms. The molecule has 180 valence electrons. The van der Waals surface area contributed by atoms with E-state index in [1.54, 1.807) is 20.4 Å². The highest BCUT2D eigenvalue weighted by molar-refractivity contribution is 6.07. The van der Waals surface area contributed by atoms with Crippen LogP contribution in [0.15, 0.2) is 54.7 Å². The monoisotopic (exact) mass is 460 g/mol. The number of hydrogen-bond donors (Lipinski definition) is 0. The van der Waals surface area contributed by atoms with Gasteiger partial charge in [0.25, 0.3) is 0 Å². The van der Waals surface area contributed by atoms with Crippen molar-refractivity contribution in [3.05, 3.63) is 65.9 Å². The average molecular weight is 461 g/mol. The number of likely N-dealkylation sites (tertiary alicyclic amines) is 1. The van der Waals surface area contributed by atoms with Crippen LogP contribution >= 0.6 is 0 Å². The molecular formula is C29H36N2O3. The quantitative estimate of drug-likeness (QED) is 0.358. The summed E-state index contributed by atoms with van der Waals surface area (Å²) in [5.41, 5.74) is 2.97. The molecule has 2 aromatic carbocycles. The van der Waals surface area contributed by atoms with E-state index in [2.05, 4.69) is 28.9 Å². The second-order valence-electron chi connectivity index (χ2n) is 9.29. The third-order valence-electron chi connectivity index (χ3n) is 7.36. The Hall–Kier alpha value is -2.92. The molecule has 1 fully saturated rings. The second kappa shape index (κ2) is 11.5. The number of piperidine rings is 1. The van der Waals surface area contributed by atoms with Crippen LogP contribution in [0.4, 0.5) is 0 Å². The molecule has 2 atom stereocenters. The largest absolute Gasteiger partial charge is 0.493 e.